The van der Waals surface area contributed by atoms with Crippen LogP contribution in [0.15, 0.2) is 85.9 Å². The Bertz CT molecular complexity index is 510. The molecule has 0 fully saturated rings. The number of phosphoric ester groups is 1. The van der Waals surface area contributed by atoms with Gasteiger partial charge in [-0.2, -0.15) is 0 Å². The van der Waals surface area contributed by atoms with Gasteiger partial charge in [-0.15, -0.1) is 0 Å². The Morgan fingerprint density at radius 3 is 1.90 bits per heavy atom. The summed E-state index contributed by atoms with van der Waals surface area (Å²) in [6.07, 6.45) is 13.7. The molecule has 4 nitrogen and oxygen atoms in total. The van der Waals surface area contributed by atoms with Crippen molar-refractivity contribution < 1.29 is 18.5 Å². The van der Waals surface area contributed by atoms with Gasteiger partial charge in [0.25, 0.3) is 0 Å². The summed E-state index contributed by atoms with van der Waals surface area (Å²) < 4.78 is 21.6. The third kappa shape index (κ3) is 8.14. The predicted octanol–water partition coefficient (Wildman–Crippen LogP) is 4.58. The van der Waals surface area contributed by atoms with E-state index in [2.05, 4.69) is 19.7 Å². The molecule has 0 bridgehead atoms. The number of allylic oxidation sites excluding steroid dienone is 9. The Labute approximate surface area is 120 Å². The highest BCUT2D eigenvalue weighted by atomic mass is 31.2. The Balaban J connectivity index is 4.95. The number of rotatable bonds is 9. The van der Waals surface area contributed by atoms with Gasteiger partial charge in [-0.3, -0.25) is 4.89 Å². The van der Waals surface area contributed by atoms with E-state index in [9.17, 15) is 9.46 Å². The highest BCUT2D eigenvalue weighted by Crippen LogP contribution is 2.48. The summed E-state index contributed by atoms with van der Waals surface area (Å²) in [5.41, 5.74) is 0. The van der Waals surface area contributed by atoms with Crippen LogP contribution in [0.1, 0.15) is 6.92 Å². The second kappa shape index (κ2) is 9.84. The normalized spacial score (nSPS) is 15.9. The van der Waals surface area contributed by atoms with Crippen LogP contribution in [0.25, 0.3) is 0 Å². The first-order valence-corrected chi connectivity index (χ1v) is 7.27. The van der Waals surface area contributed by atoms with Crippen LogP contribution in [0.4, 0.5) is 0 Å². The highest BCUT2D eigenvalue weighted by molar-refractivity contribution is 7.47. The molecule has 20 heavy (non-hydrogen) atoms. The minimum atomic E-state index is -4.30. The van der Waals surface area contributed by atoms with E-state index in [1.807, 2.05) is 0 Å². The van der Waals surface area contributed by atoms with Crippen molar-refractivity contribution in [2.45, 2.75) is 6.92 Å². The van der Waals surface area contributed by atoms with Gasteiger partial charge in [0, 0.05) is 0 Å². The third-order valence-electron chi connectivity index (χ3n) is 1.80. The molecule has 0 aliphatic rings. The van der Waals surface area contributed by atoms with Crippen molar-refractivity contribution >= 4 is 7.82 Å². The molecular formula is C15H19O4P. The zero-order valence-corrected chi connectivity index (χ0v) is 12.3. The van der Waals surface area contributed by atoms with Crippen molar-refractivity contribution in [1.29, 1.82) is 0 Å². The Kier molecular flexibility index (Phi) is 8.84. The van der Waals surface area contributed by atoms with E-state index in [0.29, 0.717) is 0 Å². The predicted molar refractivity (Wildman–Crippen MR) is 82.7 cm³/mol. The molecular weight excluding hydrogens is 275 g/mol. The average molecular weight is 294 g/mol. The zero-order valence-electron chi connectivity index (χ0n) is 11.4. The smallest absolute Gasteiger partial charge is 0.395 e. The van der Waals surface area contributed by atoms with Gasteiger partial charge in [0.2, 0.25) is 0 Å². The molecule has 0 aliphatic carbocycles. The van der Waals surface area contributed by atoms with Crippen molar-refractivity contribution in [3.63, 3.8) is 0 Å². The van der Waals surface area contributed by atoms with Crippen LogP contribution in [-0.4, -0.2) is 4.89 Å². The van der Waals surface area contributed by atoms with Crippen molar-refractivity contribution in [2.24, 2.45) is 0 Å². The van der Waals surface area contributed by atoms with Crippen LogP contribution in [-0.2, 0) is 13.6 Å². The van der Waals surface area contributed by atoms with E-state index in [1.165, 1.54) is 24.3 Å². The molecule has 0 heterocycles. The van der Waals surface area contributed by atoms with E-state index in [4.69, 9.17) is 9.05 Å². The highest BCUT2D eigenvalue weighted by Gasteiger charge is 2.25. The maximum atomic E-state index is 11.8. The summed E-state index contributed by atoms with van der Waals surface area (Å²) in [5.74, 6) is 0.224. The van der Waals surface area contributed by atoms with Gasteiger partial charge in [0.1, 0.15) is 11.5 Å². The quantitative estimate of drug-likeness (QED) is 0.384. The molecule has 0 aromatic carbocycles. The molecule has 1 N–H and O–H groups in total. The zero-order chi connectivity index (χ0) is 15.4. The van der Waals surface area contributed by atoms with Gasteiger partial charge in [-0.1, -0.05) is 50.1 Å². The maximum absolute atomic E-state index is 11.8. The fourth-order valence-electron chi connectivity index (χ4n) is 0.977. The van der Waals surface area contributed by atoms with E-state index in [0.717, 1.165) is 0 Å². The fraction of sp³-hybridized carbons (Fsp3) is 0.0667. The molecule has 0 aliphatic heterocycles. The molecule has 0 radical (unpaired) electrons. The Morgan fingerprint density at radius 2 is 1.50 bits per heavy atom. The Hall–Kier alpha value is -2.03. The number of hydrogen-bond donors (Lipinski definition) is 1. The molecule has 0 saturated carbocycles. The second-order valence-electron chi connectivity index (χ2n) is 3.34. The summed E-state index contributed by atoms with van der Waals surface area (Å²) in [4.78, 5) is 9.64. The lowest BCUT2D eigenvalue weighted by Crippen LogP contribution is -1.93. The lowest BCUT2D eigenvalue weighted by molar-refractivity contribution is 0.225. The minimum absolute atomic E-state index is 0.100. The molecule has 5 heteroatoms. The maximum Gasteiger partial charge on any atom is 0.584 e. The van der Waals surface area contributed by atoms with E-state index >= 15 is 0 Å². The molecule has 0 aromatic heterocycles. The second-order valence-corrected chi connectivity index (χ2v) is 4.65. The largest absolute Gasteiger partial charge is 0.584 e. The third-order valence-corrected chi connectivity index (χ3v) is 2.69. The fourth-order valence-corrected chi connectivity index (χ4v) is 1.82. The number of hydrogen-bond acceptors (Lipinski definition) is 3. The van der Waals surface area contributed by atoms with Crippen molar-refractivity contribution in [3.8, 4) is 0 Å². The lowest BCUT2D eigenvalue weighted by atomic mass is 10.4. The van der Waals surface area contributed by atoms with Crippen LogP contribution in [0.2, 0.25) is 0 Å². The first-order chi connectivity index (χ1) is 9.49. The van der Waals surface area contributed by atoms with Gasteiger partial charge in [-0.05, 0) is 31.2 Å². The standard InChI is InChI=1S/C15H19O4P/c1-5-9-11-13-15(8-4)19-20(16,17)18-14(7-3)12-10-6-2/h5-13H,1,3-4H2,2H3,(H,16,17)/b10-6-,11-9-,14-12+,15-13+. The van der Waals surface area contributed by atoms with Crippen molar-refractivity contribution in [3.05, 3.63) is 85.9 Å². The molecule has 0 saturated heterocycles. The molecule has 1 unspecified atom stereocenters. The van der Waals surface area contributed by atoms with Crippen LogP contribution < -0.4 is 0 Å². The van der Waals surface area contributed by atoms with Crippen molar-refractivity contribution in [1.82, 2.24) is 0 Å². The molecule has 0 spiro atoms. The van der Waals surface area contributed by atoms with Gasteiger partial charge in [0.15, 0.2) is 0 Å². The first-order valence-electron chi connectivity index (χ1n) is 5.78. The topological polar surface area (TPSA) is 55.8 Å². The van der Waals surface area contributed by atoms with Gasteiger partial charge < -0.3 is 9.05 Å². The van der Waals surface area contributed by atoms with E-state index in [1.54, 1.807) is 37.3 Å². The Morgan fingerprint density at radius 1 is 1.00 bits per heavy atom. The lowest BCUT2D eigenvalue weighted by Gasteiger charge is -2.14. The first kappa shape index (κ1) is 18.0. The summed E-state index contributed by atoms with van der Waals surface area (Å²) >= 11 is 0. The SMILES string of the molecule is C=C/C=C\C=C(/C=C)OP(=O)(O)O/C(C=C)=C/C=C\C. The monoisotopic (exact) mass is 294 g/mol. The molecule has 0 rings (SSSR count). The van der Waals surface area contributed by atoms with Crippen LogP contribution >= 0.6 is 7.82 Å². The minimum Gasteiger partial charge on any atom is -0.395 e. The summed E-state index contributed by atoms with van der Waals surface area (Å²) in [7, 11) is -4.30. The van der Waals surface area contributed by atoms with Crippen LogP contribution in [0.3, 0.4) is 0 Å². The summed E-state index contributed by atoms with van der Waals surface area (Å²) in [6, 6.07) is 0. The summed E-state index contributed by atoms with van der Waals surface area (Å²) in [5, 5.41) is 0. The van der Waals surface area contributed by atoms with E-state index < -0.39 is 7.82 Å². The van der Waals surface area contributed by atoms with Crippen LogP contribution in [0.5, 0.6) is 0 Å². The molecule has 108 valence electrons. The van der Waals surface area contributed by atoms with Gasteiger partial charge in [0.05, 0.1) is 0 Å². The van der Waals surface area contributed by atoms with E-state index in [-0.39, 0.29) is 11.5 Å². The molecule has 0 aromatic rings. The average Bonchev–Trinajstić information content (AvgIpc) is 2.42. The molecule has 0 amide bonds. The van der Waals surface area contributed by atoms with Crippen molar-refractivity contribution in [2.75, 3.05) is 0 Å². The van der Waals surface area contributed by atoms with Gasteiger partial charge in [-0.25, -0.2) is 4.57 Å². The van der Waals surface area contributed by atoms with Crippen LogP contribution in [0, 0.1) is 0 Å². The number of phosphoric acid groups is 1. The molecule has 1 atom stereocenters. The van der Waals surface area contributed by atoms with Gasteiger partial charge >= 0.3 is 7.82 Å². The summed E-state index contributed by atoms with van der Waals surface area (Å²) in [6.45, 7) is 12.3.